The maximum Gasteiger partial charge on any atom is 0.324 e. The highest BCUT2D eigenvalue weighted by molar-refractivity contribution is 5.98. The van der Waals surface area contributed by atoms with E-state index in [0.717, 1.165) is 61.6 Å². The Morgan fingerprint density at radius 2 is 1.83 bits per heavy atom. The third-order valence-electron chi connectivity index (χ3n) is 5.01. The highest BCUT2D eigenvalue weighted by atomic mass is 16.6. The quantitative estimate of drug-likeness (QED) is 0.314. The Balaban J connectivity index is 1.32. The molecule has 2 aromatic rings. The number of aromatic nitrogens is 1. The third-order valence-corrected chi connectivity index (χ3v) is 5.01. The molecule has 3 rings (SSSR count). The van der Waals surface area contributed by atoms with Gasteiger partial charge in [-0.15, -0.1) is 0 Å². The molecule has 160 valence electrons. The van der Waals surface area contributed by atoms with Crippen LogP contribution < -0.4 is 9.64 Å². The van der Waals surface area contributed by atoms with Gasteiger partial charge >= 0.3 is 6.03 Å². The van der Waals surface area contributed by atoms with Crippen LogP contribution in [0.2, 0.25) is 0 Å². The van der Waals surface area contributed by atoms with Crippen molar-refractivity contribution in [3.05, 3.63) is 54.4 Å². The number of rotatable bonds is 11. The number of hydrogen-bond donors (Lipinski definition) is 0. The first-order valence-corrected chi connectivity index (χ1v) is 10.6. The van der Waals surface area contributed by atoms with Gasteiger partial charge in [-0.3, -0.25) is 9.88 Å². The highest BCUT2D eigenvalue weighted by Gasteiger charge is 2.28. The summed E-state index contributed by atoms with van der Waals surface area (Å²) in [7, 11) is 0. The van der Waals surface area contributed by atoms with Gasteiger partial charge in [-0.25, -0.2) is 4.79 Å². The Labute approximate surface area is 178 Å². The average Bonchev–Trinajstić information content (AvgIpc) is 3.15. The van der Waals surface area contributed by atoms with E-state index in [1.807, 2.05) is 60.0 Å². The predicted molar refractivity (Wildman–Crippen MR) is 118 cm³/mol. The zero-order valence-corrected chi connectivity index (χ0v) is 17.8. The summed E-state index contributed by atoms with van der Waals surface area (Å²) in [6.07, 6.45) is 6.40. The number of benzene rings is 1. The number of carbonyl (C=O) groups is 1. The fraction of sp³-hybridized carbons (Fsp3) is 0.435. The number of anilines is 1. The molecule has 0 N–H and O–H groups in total. The minimum absolute atomic E-state index is 0.0840. The minimum atomic E-state index is 0.0840. The van der Waals surface area contributed by atoms with Crippen LogP contribution in [0.4, 0.5) is 10.5 Å². The number of oxime groups is 1. The fourth-order valence-electron chi connectivity index (χ4n) is 3.33. The molecule has 0 aliphatic carbocycles. The van der Waals surface area contributed by atoms with E-state index in [9.17, 15) is 4.79 Å². The lowest BCUT2D eigenvalue weighted by molar-refractivity contribution is 0.159. The van der Waals surface area contributed by atoms with Crippen molar-refractivity contribution in [1.82, 2.24) is 9.88 Å². The largest absolute Gasteiger partial charge is 0.494 e. The molecule has 0 spiro atoms. The summed E-state index contributed by atoms with van der Waals surface area (Å²) in [4.78, 5) is 25.4. The second kappa shape index (κ2) is 11.2. The Morgan fingerprint density at radius 3 is 2.57 bits per heavy atom. The van der Waals surface area contributed by atoms with E-state index in [1.54, 1.807) is 12.4 Å². The molecule has 7 nitrogen and oxygen atoms in total. The molecule has 1 aromatic carbocycles. The van der Waals surface area contributed by atoms with Crippen LogP contribution in [-0.4, -0.2) is 54.5 Å². The molecule has 30 heavy (non-hydrogen) atoms. The van der Waals surface area contributed by atoms with Crippen molar-refractivity contribution in [2.24, 2.45) is 5.16 Å². The first-order valence-electron chi connectivity index (χ1n) is 10.6. The number of carbonyl (C=O) groups excluding carboxylic acids is 1. The highest BCUT2D eigenvalue weighted by Crippen LogP contribution is 2.19. The Kier molecular flexibility index (Phi) is 8.06. The molecule has 1 aromatic heterocycles. The number of nitrogens with zero attached hydrogens (tertiary/aromatic N) is 4. The van der Waals surface area contributed by atoms with Gasteiger partial charge in [0.2, 0.25) is 0 Å². The van der Waals surface area contributed by atoms with Crippen LogP contribution in [0.25, 0.3) is 0 Å². The van der Waals surface area contributed by atoms with E-state index in [1.165, 1.54) is 0 Å². The maximum absolute atomic E-state index is 12.5. The van der Waals surface area contributed by atoms with E-state index in [0.29, 0.717) is 13.2 Å². The summed E-state index contributed by atoms with van der Waals surface area (Å²) in [6.45, 7) is 7.36. The van der Waals surface area contributed by atoms with E-state index in [2.05, 4.69) is 10.1 Å². The van der Waals surface area contributed by atoms with Gasteiger partial charge in [-0.2, -0.15) is 0 Å². The Hall–Kier alpha value is -3.09. The topological polar surface area (TPSA) is 67.3 Å². The molecule has 7 heteroatoms. The lowest BCUT2D eigenvalue weighted by Gasteiger charge is -2.18. The van der Waals surface area contributed by atoms with Crippen molar-refractivity contribution in [3.63, 3.8) is 0 Å². The van der Waals surface area contributed by atoms with Gasteiger partial charge < -0.3 is 14.5 Å². The number of ether oxygens (including phenoxy) is 1. The molecule has 0 unspecified atom stereocenters. The van der Waals surface area contributed by atoms with Gasteiger partial charge in [-0.1, -0.05) is 5.16 Å². The van der Waals surface area contributed by atoms with Crippen LogP contribution in [0.3, 0.4) is 0 Å². The van der Waals surface area contributed by atoms with Gasteiger partial charge in [0.25, 0.3) is 0 Å². The molecule has 1 fully saturated rings. The van der Waals surface area contributed by atoms with Crippen LogP contribution in [0.5, 0.6) is 5.75 Å². The normalized spacial score (nSPS) is 14.3. The van der Waals surface area contributed by atoms with Gasteiger partial charge in [0.05, 0.1) is 12.3 Å². The number of pyridine rings is 1. The third kappa shape index (κ3) is 5.95. The molecule has 0 bridgehead atoms. The summed E-state index contributed by atoms with van der Waals surface area (Å²) < 4.78 is 5.82. The van der Waals surface area contributed by atoms with Crippen LogP contribution in [0.1, 0.15) is 38.7 Å². The van der Waals surface area contributed by atoms with Crippen LogP contribution in [0, 0.1) is 0 Å². The van der Waals surface area contributed by atoms with Crippen molar-refractivity contribution in [3.8, 4) is 5.75 Å². The van der Waals surface area contributed by atoms with Gasteiger partial charge in [0, 0.05) is 37.7 Å². The molecule has 0 atom stereocenters. The molecule has 2 heterocycles. The number of hydrogen-bond acceptors (Lipinski definition) is 5. The van der Waals surface area contributed by atoms with Gasteiger partial charge in [0.15, 0.2) is 0 Å². The molecule has 2 amide bonds. The standard InChI is InChI=1S/C23H30N4O3/c1-3-30-25-19(2)20-7-9-22(10-8-20)29-18-6-4-5-15-26-16-17-27(23(26)28)21-11-13-24-14-12-21/h7-14H,3-6,15-18H2,1-2H3/b25-19+. The Morgan fingerprint density at radius 1 is 1.07 bits per heavy atom. The molecule has 1 saturated heterocycles. The second-order valence-corrected chi connectivity index (χ2v) is 7.15. The summed E-state index contributed by atoms with van der Waals surface area (Å²) in [5, 5.41) is 4.04. The zero-order valence-electron chi connectivity index (χ0n) is 17.8. The first kappa shape index (κ1) is 21.6. The van der Waals surface area contributed by atoms with Crippen molar-refractivity contribution >= 4 is 17.4 Å². The number of amides is 2. The molecule has 0 radical (unpaired) electrons. The molecule has 0 saturated carbocycles. The number of unbranched alkanes of at least 4 members (excludes halogenated alkanes) is 2. The molecular formula is C23H30N4O3. The van der Waals surface area contributed by atoms with Crippen molar-refractivity contribution < 1.29 is 14.4 Å². The molecule has 1 aliphatic heterocycles. The van der Waals surface area contributed by atoms with Crippen molar-refractivity contribution in [2.75, 3.05) is 37.7 Å². The average molecular weight is 411 g/mol. The fourth-order valence-corrected chi connectivity index (χ4v) is 3.33. The zero-order chi connectivity index (χ0) is 21.2. The second-order valence-electron chi connectivity index (χ2n) is 7.15. The molecular weight excluding hydrogens is 380 g/mol. The van der Waals surface area contributed by atoms with Gasteiger partial charge in [0.1, 0.15) is 12.4 Å². The lowest BCUT2D eigenvalue weighted by Crippen LogP contribution is -2.32. The SMILES string of the molecule is CCO/N=C(\C)c1ccc(OCCCCCN2CCN(c3ccncc3)C2=O)cc1. The summed E-state index contributed by atoms with van der Waals surface area (Å²) in [5.74, 6) is 0.852. The maximum atomic E-state index is 12.5. The van der Waals surface area contributed by atoms with E-state index < -0.39 is 0 Å². The predicted octanol–water partition coefficient (Wildman–Crippen LogP) is 4.33. The lowest BCUT2D eigenvalue weighted by atomic mass is 10.1. The van der Waals surface area contributed by atoms with Crippen molar-refractivity contribution in [1.29, 1.82) is 0 Å². The summed E-state index contributed by atoms with van der Waals surface area (Å²) in [5.41, 5.74) is 2.78. The van der Waals surface area contributed by atoms with Crippen LogP contribution >= 0.6 is 0 Å². The van der Waals surface area contributed by atoms with E-state index in [4.69, 9.17) is 9.57 Å². The van der Waals surface area contributed by atoms with Crippen LogP contribution in [0.15, 0.2) is 53.9 Å². The summed E-state index contributed by atoms with van der Waals surface area (Å²) >= 11 is 0. The Bertz CT molecular complexity index is 824. The number of urea groups is 1. The van der Waals surface area contributed by atoms with E-state index >= 15 is 0 Å². The van der Waals surface area contributed by atoms with Crippen molar-refractivity contribution in [2.45, 2.75) is 33.1 Å². The summed E-state index contributed by atoms with van der Waals surface area (Å²) in [6, 6.07) is 11.7. The van der Waals surface area contributed by atoms with Crippen LogP contribution in [-0.2, 0) is 4.84 Å². The van der Waals surface area contributed by atoms with E-state index in [-0.39, 0.29) is 6.03 Å². The minimum Gasteiger partial charge on any atom is -0.494 e. The monoisotopic (exact) mass is 410 g/mol. The molecule has 1 aliphatic rings. The first-order chi connectivity index (χ1) is 14.7. The van der Waals surface area contributed by atoms with Gasteiger partial charge in [-0.05, 0) is 75.1 Å². The smallest absolute Gasteiger partial charge is 0.324 e.